The summed E-state index contributed by atoms with van der Waals surface area (Å²) in [7, 11) is 0. The summed E-state index contributed by atoms with van der Waals surface area (Å²) in [5.74, 6) is 0.122. The van der Waals surface area contributed by atoms with Crippen molar-refractivity contribution in [3.63, 3.8) is 0 Å². The summed E-state index contributed by atoms with van der Waals surface area (Å²) in [5, 5.41) is 18.7. The van der Waals surface area contributed by atoms with Crippen LogP contribution in [0.25, 0.3) is 0 Å². The van der Waals surface area contributed by atoms with Crippen molar-refractivity contribution >= 4 is 0 Å². The van der Waals surface area contributed by atoms with Gasteiger partial charge >= 0.3 is 0 Å². The van der Waals surface area contributed by atoms with Gasteiger partial charge in [0.1, 0.15) is 11.5 Å². The highest BCUT2D eigenvalue weighted by Gasteiger charge is 2.05. The molecule has 2 heteroatoms. The van der Waals surface area contributed by atoms with E-state index in [4.69, 9.17) is 5.11 Å². The van der Waals surface area contributed by atoms with Crippen molar-refractivity contribution in [3.05, 3.63) is 34.9 Å². The van der Waals surface area contributed by atoms with Crippen LogP contribution in [-0.2, 0) is 6.42 Å². The lowest BCUT2D eigenvalue weighted by molar-refractivity contribution is 0.445. The quantitative estimate of drug-likeness (QED) is 0.705. The lowest BCUT2D eigenvalue weighted by Gasteiger charge is -2.06. The molecule has 14 heavy (non-hydrogen) atoms. The largest absolute Gasteiger partial charge is 0.508 e. The van der Waals surface area contributed by atoms with Crippen LogP contribution in [0.1, 0.15) is 25.0 Å². The molecule has 0 aliphatic carbocycles. The minimum absolute atomic E-state index is 0.0130. The molecule has 0 aromatic heterocycles. The average Bonchev–Trinajstić information content (AvgIpc) is 2.01. The molecule has 0 saturated carbocycles. The predicted octanol–water partition coefficient (Wildman–Crippen LogP) is 2.72. The van der Waals surface area contributed by atoms with Gasteiger partial charge in [-0.2, -0.15) is 0 Å². The van der Waals surface area contributed by atoms with Crippen LogP contribution >= 0.6 is 0 Å². The van der Waals surface area contributed by atoms with Crippen LogP contribution in [0, 0.1) is 13.0 Å². The van der Waals surface area contributed by atoms with E-state index in [9.17, 15) is 5.11 Å². The highest BCUT2D eigenvalue weighted by molar-refractivity contribution is 5.44. The summed E-state index contributed by atoms with van der Waals surface area (Å²) in [6.45, 7) is 5.85. The molecular weight excluding hydrogens is 176 g/mol. The van der Waals surface area contributed by atoms with Gasteiger partial charge in [-0.3, -0.25) is 0 Å². The first kappa shape index (κ1) is 10.6. The average molecular weight is 191 g/mol. The van der Waals surface area contributed by atoms with Gasteiger partial charge in [0.2, 0.25) is 0 Å². The molecule has 1 aromatic carbocycles. The number of phenolic OH excluding ortho intramolecular Hbond substituents is 2. The summed E-state index contributed by atoms with van der Waals surface area (Å²) in [6.07, 6.45) is 2.71. The van der Waals surface area contributed by atoms with Crippen LogP contribution < -0.4 is 0 Å². The molecule has 0 aliphatic heterocycles. The monoisotopic (exact) mass is 191 g/mol. The Balaban J connectivity index is 3.03. The van der Waals surface area contributed by atoms with E-state index in [1.807, 2.05) is 26.8 Å². The second-order valence-electron chi connectivity index (χ2n) is 3.63. The molecule has 1 aromatic rings. The normalized spacial score (nSPS) is 9.93. The maximum atomic E-state index is 9.58. The Morgan fingerprint density at radius 3 is 2.57 bits per heavy atom. The third kappa shape index (κ3) is 2.52. The molecule has 0 spiro atoms. The lowest BCUT2D eigenvalue weighted by Crippen LogP contribution is -1.89. The SMILES string of the molecule is CC(C)=CCc1c(C)[c]c(O)cc1O. The van der Waals surface area contributed by atoms with Crippen molar-refractivity contribution in [1.82, 2.24) is 0 Å². The predicted molar refractivity (Wildman–Crippen MR) is 56.5 cm³/mol. The van der Waals surface area contributed by atoms with Crippen molar-refractivity contribution in [2.75, 3.05) is 0 Å². The molecule has 1 radical (unpaired) electrons. The maximum Gasteiger partial charge on any atom is 0.127 e. The Morgan fingerprint density at radius 2 is 2.07 bits per heavy atom. The third-order valence-electron chi connectivity index (χ3n) is 2.07. The molecule has 0 bridgehead atoms. The number of aromatic hydroxyl groups is 2. The molecule has 0 heterocycles. The number of hydrogen-bond acceptors (Lipinski definition) is 2. The van der Waals surface area contributed by atoms with E-state index in [2.05, 4.69) is 6.07 Å². The Labute approximate surface area is 84.5 Å². The smallest absolute Gasteiger partial charge is 0.127 e. The maximum absolute atomic E-state index is 9.58. The second-order valence-corrected chi connectivity index (χ2v) is 3.63. The first-order valence-corrected chi connectivity index (χ1v) is 4.58. The van der Waals surface area contributed by atoms with Gasteiger partial charge < -0.3 is 10.2 Å². The van der Waals surface area contributed by atoms with Crippen LogP contribution in [0.4, 0.5) is 0 Å². The van der Waals surface area contributed by atoms with Crippen LogP contribution in [0.15, 0.2) is 17.7 Å². The van der Waals surface area contributed by atoms with Crippen molar-refractivity contribution < 1.29 is 10.2 Å². The fourth-order valence-electron chi connectivity index (χ4n) is 1.28. The van der Waals surface area contributed by atoms with E-state index in [0.717, 1.165) is 11.1 Å². The topological polar surface area (TPSA) is 40.5 Å². The van der Waals surface area contributed by atoms with Gasteiger partial charge in [0.15, 0.2) is 0 Å². The number of benzene rings is 1. The van der Waals surface area contributed by atoms with E-state index in [1.54, 1.807) is 0 Å². The molecule has 0 fully saturated rings. The minimum atomic E-state index is -0.0130. The molecule has 1 rings (SSSR count). The zero-order valence-corrected chi connectivity index (χ0v) is 8.76. The summed E-state index contributed by atoms with van der Waals surface area (Å²) in [4.78, 5) is 0. The zero-order valence-electron chi connectivity index (χ0n) is 8.76. The number of rotatable bonds is 2. The number of aryl methyl sites for hydroxylation is 1. The Morgan fingerprint density at radius 1 is 1.43 bits per heavy atom. The van der Waals surface area contributed by atoms with Crippen molar-refractivity contribution in [3.8, 4) is 11.5 Å². The lowest BCUT2D eigenvalue weighted by atomic mass is 10.0. The van der Waals surface area contributed by atoms with Crippen molar-refractivity contribution in [2.24, 2.45) is 0 Å². The van der Waals surface area contributed by atoms with Crippen molar-refractivity contribution in [2.45, 2.75) is 27.2 Å². The summed E-state index contributed by atoms with van der Waals surface area (Å²) in [6, 6.07) is 4.09. The van der Waals surface area contributed by atoms with Gasteiger partial charge in [0.25, 0.3) is 0 Å². The van der Waals surface area contributed by atoms with Gasteiger partial charge in [-0.25, -0.2) is 0 Å². The van der Waals surface area contributed by atoms with E-state index in [-0.39, 0.29) is 11.5 Å². The minimum Gasteiger partial charge on any atom is -0.508 e. The fourth-order valence-corrected chi connectivity index (χ4v) is 1.28. The van der Waals surface area contributed by atoms with Crippen LogP contribution in [0.2, 0.25) is 0 Å². The van der Waals surface area contributed by atoms with Gasteiger partial charge in [-0.15, -0.1) is 0 Å². The summed E-state index contributed by atoms with van der Waals surface area (Å²) >= 11 is 0. The number of allylic oxidation sites excluding steroid dienone is 2. The van der Waals surface area contributed by atoms with Crippen LogP contribution in [0.5, 0.6) is 11.5 Å². The highest BCUT2D eigenvalue weighted by atomic mass is 16.3. The highest BCUT2D eigenvalue weighted by Crippen LogP contribution is 2.26. The van der Waals surface area contributed by atoms with Crippen molar-refractivity contribution in [1.29, 1.82) is 0 Å². The van der Waals surface area contributed by atoms with Gasteiger partial charge in [0, 0.05) is 17.7 Å². The van der Waals surface area contributed by atoms with E-state index in [0.29, 0.717) is 6.42 Å². The van der Waals surface area contributed by atoms with E-state index >= 15 is 0 Å². The number of hydrogen-bond donors (Lipinski definition) is 2. The van der Waals surface area contributed by atoms with Gasteiger partial charge in [0.05, 0.1) is 0 Å². The Kier molecular flexibility index (Phi) is 3.18. The molecule has 75 valence electrons. The van der Waals surface area contributed by atoms with E-state index < -0.39 is 0 Å². The first-order valence-electron chi connectivity index (χ1n) is 4.58. The molecule has 2 N–H and O–H groups in total. The molecular formula is C12H15O2. The van der Waals surface area contributed by atoms with E-state index in [1.165, 1.54) is 11.6 Å². The third-order valence-corrected chi connectivity index (χ3v) is 2.07. The summed E-state index contributed by atoms with van der Waals surface area (Å²) in [5.41, 5.74) is 2.82. The Bertz CT molecular complexity index is 338. The first-order chi connectivity index (χ1) is 6.50. The Hall–Kier alpha value is -1.44. The van der Waals surface area contributed by atoms with Crippen LogP contribution in [-0.4, -0.2) is 10.2 Å². The second kappa shape index (κ2) is 4.18. The van der Waals surface area contributed by atoms with Gasteiger partial charge in [-0.05, 0) is 32.8 Å². The standard InChI is InChI=1S/C12H15O2/c1-8(2)4-5-11-9(3)6-10(13)7-12(11)14/h4,7,13-14H,5H2,1-3H3. The zero-order chi connectivity index (χ0) is 10.7. The molecule has 0 saturated heterocycles. The molecule has 0 amide bonds. The fraction of sp³-hybridized carbons (Fsp3) is 0.333. The molecule has 0 atom stereocenters. The molecule has 2 nitrogen and oxygen atoms in total. The molecule has 0 unspecified atom stereocenters. The van der Waals surface area contributed by atoms with Gasteiger partial charge in [-0.1, -0.05) is 11.6 Å². The molecule has 0 aliphatic rings. The summed E-state index contributed by atoms with van der Waals surface area (Å²) < 4.78 is 0. The number of phenols is 2. The van der Waals surface area contributed by atoms with Crippen LogP contribution in [0.3, 0.4) is 0 Å².